The lowest BCUT2D eigenvalue weighted by Gasteiger charge is -2.33. The summed E-state index contributed by atoms with van der Waals surface area (Å²) in [6.45, 7) is 2.78. The van der Waals surface area contributed by atoms with Crippen LogP contribution in [-0.2, 0) is 0 Å². The van der Waals surface area contributed by atoms with Crippen LogP contribution in [0.2, 0.25) is 0 Å². The molecule has 29 heavy (non-hydrogen) atoms. The van der Waals surface area contributed by atoms with E-state index < -0.39 is 12.7 Å². The van der Waals surface area contributed by atoms with Crippen molar-refractivity contribution in [2.75, 3.05) is 53.4 Å². The predicted molar refractivity (Wildman–Crippen MR) is 120 cm³/mol. The standard InChI is InChI=1S/C19H32F3N5O.HI/c1-23-18(24-9-7-10-26(2)15-19(20,21)22)25-14-16(17-8-6-13-28-17)27-11-4-3-5-12-27;/h6,8,13,16H,3-5,7,9-12,14-15H2,1-2H3,(H2,23,24,25);1H. The number of guanidine groups is 1. The van der Waals surface area contributed by atoms with Crippen molar-refractivity contribution >= 4 is 29.9 Å². The first-order valence-corrected chi connectivity index (χ1v) is 9.86. The number of alkyl halides is 3. The van der Waals surface area contributed by atoms with E-state index in [9.17, 15) is 13.2 Å². The molecular weight excluding hydrogens is 498 g/mol. The second-order valence-electron chi connectivity index (χ2n) is 7.21. The molecule has 2 rings (SSSR count). The van der Waals surface area contributed by atoms with Gasteiger partial charge in [0.05, 0.1) is 18.8 Å². The summed E-state index contributed by atoms with van der Waals surface area (Å²) >= 11 is 0. The van der Waals surface area contributed by atoms with E-state index in [4.69, 9.17) is 4.42 Å². The number of likely N-dealkylation sites (tertiary alicyclic amines) is 1. The molecule has 0 radical (unpaired) electrons. The van der Waals surface area contributed by atoms with Gasteiger partial charge in [-0.25, -0.2) is 0 Å². The van der Waals surface area contributed by atoms with Gasteiger partial charge in [-0.15, -0.1) is 24.0 Å². The van der Waals surface area contributed by atoms with E-state index in [0.29, 0.717) is 32.0 Å². The monoisotopic (exact) mass is 531 g/mol. The lowest BCUT2D eigenvalue weighted by molar-refractivity contribution is -0.143. The van der Waals surface area contributed by atoms with Gasteiger partial charge in [0.25, 0.3) is 0 Å². The van der Waals surface area contributed by atoms with Gasteiger partial charge in [-0.2, -0.15) is 13.2 Å². The lowest BCUT2D eigenvalue weighted by Crippen LogP contribution is -2.45. The first-order valence-electron chi connectivity index (χ1n) is 9.86. The van der Waals surface area contributed by atoms with Crippen LogP contribution in [0.1, 0.15) is 37.5 Å². The van der Waals surface area contributed by atoms with Crippen LogP contribution in [0.25, 0.3) is 0 Å². The highest BCUT2D eigenvalue weighted by Crippen LogP contribution is 2.24. The third-order valence-corrected chi connectivity index (χ3v) is 4.85. The summed E-state index contributed by atoms with van der Waals surface area (Å²) < 4.78 is 42.7. The van der Waals surface area contributed by atoms with Crippen LogP contribution in [0.3, 0.4) is 0 Å². The van der Waals surface area contributed by atoms with E-state index in [-0.39, 0.29) is 30.0 Å². The number of piperidine rings is 1. The topological polar surface area (TPSA) is 56.0 Å². The van der Waals surface area contributed by atoms with Crippen LogP contribution in [0.4, 0.5) is 13.2 Å². The van der Waals surface area contributed by atoms with Gasteiger partial charge in [0.15, 0.2) is 5.96 Å². The highest BCUT2D eigenvalue weighted by Gasteiger charge is 2.28. The van der Waals surface area contributed by atoms with Crippen molar-refractivity contribution in [3.8, 4) is 0 Å². The molecule has 168 valence electrons. The minimum Gasteiger partial charge on any atom is -0.468 e. The molecule has 0 amide bonds. The quantitative estimate of drug-likeness (QED) is 0.221. The average molecular weight is 531 g/mol. The molecule has 1 unspecified atom stereocenters. The SMILES string of the molecule is CN=C(NCCCN(C)CC(F)(F)F)NCC(c1ccco1)N1CCCCC1.I. The van der Waals surface area contributed by atoms with Crippen molar-refractivity contribution in [1.82, 2.24) is 20.4 Å². The highest BCUT2D eigenvalue weighted by atomic mass is 127. The summed E-state index contributed by atoms with van der Waals surface area (Å²) in [5, 5.41) is 6.50. The first-order chi connectivity index (χ1) is 13.4. The Hall–Kier alpha value is -1.01. The van der Waals surface area contributed by atoms with Crippen LogP contribution in [0.15, 0.2) is 27.8 Å². The minimum absolute atomic E-state index is 0. The maximum Gasteiger partial charge on any atom is 0.401 e. The van der Waals surface area contributed by atoms with Crippen LogP contribution >= 0.6 is 24.0 Å². The normalized spacial score (nSPS) is 17.1. The first kappa shape index (κ1) is 26.0. The zero-order valence-corrected chi connectivity index (χ0v) is 19.5. The number of nitrogens with one attached hydrogen (secondary N) is 2. The van der Waals surface area contributed by atoms with E-state index in [1.165, 1.54) is 31.2 Å². The summed E-state index contributed by atoms with van der Waals surface area (Å²) in [5.74, 6) is 1.57. The summed E-state index contributed by atoms with van der Waals surface area (Å²) in [5.41, 5.74) is 0. The maximum absolute atomic E-state index is 12.3. The number of hydrogen-bond acceptors (Lipinski definition) is 4. The number of furan rings is 1. The van der Waals surface area contributed by atoms with Crippen molar-refractivity contribution in [2.24, 2.45) is 4.99 Å². The molecule has 1 fully saturated rings. The van der Waals surface area contributed by atoms with Gasteiger partial charge in [0.2, 0.25) is 0 Å². The fraction of sp³-hybridized carbons (Fsp3) is 0.737. The predicted octanol–water partition coefficient (Wildman–Crippen LogP) is 3.47. The van der Waals surface area contributed by atoms with Crippen molar-refractivity contribution in [1.29, 1.82) is 0 Å². The molecule has 0 spiro atoms. The van der Waals surface area contributed by atoms with Gasteiger partial charge in [-0.05, 0) is 58.1 Å². The Morgan fingerprint density at radius 1 is 1.28 bits per heavy atom. The van der Waals surface area contributed by atoms with Crippen molar-refractivity contribution < 1.29 is 17.6 Å². The van der Waals surface area contributed by atoms with E-state index in [1.54, 1.807) is 13.3 Å². The Morgan fingerprint density at radius 2 is 2.00 bits per heavy atom. The second kappa shape index (κ2) is 13.3. The van der Waals surface area contributed by atoms with Crippen molar-refractivity contribution in [2.45, 2.75) is 37.9 Å². The van der Waals surface area contributed by atoms with E-state index in [2.05, 4.69) is 20.5 Å². The van der Waals surface area contributed by atoms with Gasteiger partial charge < -0.3 is 15.1 Å². The van der Waals surface area contributed by atoms with Gasteiger partial charge in [0.1, 0.15) is 5.76 Å². The van der Waals surface area contributed by atoms with Gasteiger partial charge >= 0.3 is 6.18 Å². The molecule has 6 nitrogen and oxygen atoms in total. The van der Waals surface area contributed by atoms with Gasteiger partial charge in [-0.1, -0.05) is 6.42 Å². The largest absolute Gasteiger partial charge is 0.468 e. The van der Waals surface area contributed by atoms with E-state index >= 15 is 0 Å². The number of rotatable bonds is 9. The molecule has 1 aliphatic rings. The molecule has 1 aromatic rings. The zero-order chi connectivity index (χ0) is 20.4. The van der Waals surface area contributed by atoms with Crippen molar-refractivity contribution in [3.05, 3.63) is 24.2 Å². The molecule has 0 saturated carbocycles. The molecule has 2 heterocycles. The van der Waals surface area contributed by atoms with E-state index in [1.807, 2.05) is 12.1 Å². The number of hydrogen-bond donors (Lipinski definition) is 2. The molecule has 0 aromatic carbocycles. The summed E-state index contributed by atoms with van der Waals surface area (Å²) in [4.78, 5) is 7.92. The summed E-state index contributed by atoms with van der Waals surface area (Å²) in [7, 11) is 3.17. The summed E-state index contributed by atoms with van der Waals surface area (Å²) in [6, 6.07) is 4.02. The molecule has 0 bridgehead atoms. The molecule has 0 aliphatic carbocycles. The molecule has 1 atom stereocenters. The number of nitrogens with zero attached hydrogens (tertiary/aromatic N) is 3. The Bertz CT molecular complexity index is 577. The third-order valence-electron chi connectivity index (χ3n) is 4.85. The Morgan fingerprint density at radius 3 is 2.59 bits per heavy atom. The molecule has 1 aromatic heterocycles. The van der Waals surface area contributed by atoms with Crippen LogP contribution in [0.5, 0.6) is 0 Å². The fourth-order valence-electron chi connectivity index (χ4n) is 3.48. The molecular formula is C19H33F3IN5O. The molecule has 2 N–H and O–H groups in total. The zero-order valence-electron chi connectivity index (χ0n) is 17.2. The number of aliphatic imine (C=N–C) groups is 1. The molecule has 1 saturated heterocycles. The number of halogens is 4. The summed E-state index contributed by atoms with van der Waals surface area (Å²) in [6.07, 6.45) is 1.78. The highest BCUT2D eigenvalue weighted by molar-refractivity contribution is 14.0. The molecule has 10 heteroatoms. The Labute approximate surface area is 188 Å². The van der Waals surface area contributed by atoms with Crippen LogP contribution < -0.4 is 10.6 Å². The average Bonchev–Trinajstić information content (AvgIpc) is 3.17. The molecule has 1 aliphatic heterocycles. The van der Waals surface area contributed by atoms with Crippen LogP contribution in [0, 0.1) is 0 Å². The second-order valence-corrected chi connectivity index (χ2v) is 7.21. The lowest BCUT2D eigenvalue weighted by atomic mass is 10.1. The van der Waals surface area contributed by atoms with Gasteiger partial charge in [-0.3, -0.25) is 14.8 Å². The van der Waals surface area contributed by atoms with E-state index in [0.717, 1.165) is 18.8 Å². The Balaban J connectivity index is 0.00000420. The third kappa shape index (κ3) is 10.0. The van der Waals surface area contributed by atoms with Crippen LogP contribution in [-0.4, -0.2) is 75.3 Å². The Kier molecular flexibility index (Phi) is 12.0. The van der Waals surface area contributed by atoms with Crippen molar-refractivity contribution in [3.63, 3.8) is 0 Å². The minimum atomic E-state index is -4.16. The fourth-order valence-corrected chi connectivity index (χ4v) is 3.48. The smallest absolute Gasteiger partial charge is 0.401 e. The maximum atomic E-state index is 12.3. The van der Waals surface area contributed by atoms with Gasteiger partial charge in [0, 0.05) is 20.1 Å².